The number of aryl methyl sites for hydroxylation is 2. The molecule has 31 heavy (non-hydrogen) atoms. The minimum absolute atomic E-state index is 0.724. The number of furan rings is 1. The van der Waals surface area contributed by atoms with Crippen LogP contribution in [0.25, 0.3) is 22.4 Å². The van der Waals surface area contributed by atoms with E-state index in [1.54, 1.807) is 17.5 Å². The first-order chi connectivity index (χ1) is 15.2. The van der Waals surface area contributed by atoms with E-state index in [1.165, 1.54) is 0 Å². The third-order valence-corrected chi connectivity index (χ3v) is 6.48. The smallest absolute Gasteiger partial charge is 0.190 e. The van der Waals surface area contributed by atoms with Crippen LogP contribution in [-0.2, 0) is 13.1 Å². The Balaban J connectivity index is 1.55. The highest BCUT2D eigenvalue weighted by Gasteiger charge is 2.13. The molecule has 3 aromatic heterocycles. The zero-order valence-corrected chi connectivity index (χ0v) is 18.6. The molecule has 0 radical (unpaired) electrons. The quantitative estimate of drug-likeness (QED) is 0.300. The first-order valence-electron chi connectivity index (χ1n) is 10.1. The number of imidazole rings is 1. The molecular weight excluding hydrogens is 428 g/mol. The molecule has 5 nitrogen and oxygen atoms in total. The Morgan fingerprint density at radius 2 is 2.03 bits per heavy atom. The molecule has 0 aliphatic heterocycles. The second-order valence-electron chi connectivity index (χ2n) is 7.40. The predicted molar refractivity (Wildman–Crippen MR) is 126 cm³/mol. The molecule has 0 fully saturated rings. The monoisotopic (exact) mass is 448 g/mol. The van der Waals surface area contributed by atoms with Crippen LogP contribution in [0.4, 0.5) is 5.69 Å². The van der Waals surface area contributed by atoms with Gasteiger partial charge in [-0.15, -0.1) is 11.3 Å². The molecule has 0 aliphatic carbocycles. The highest BCUT2D eigenvalue weighted by molar-refractivity contribution is 7.07. The summed E-state index contributed by atoms with van der Waals surface area (Å²) in [5.74, 6) is 0.850. The largest absolute Gasteiger partial charge is 0.454 e. The molecule has 0 saturated carbocycles. The van der Waals surface area contributed by atoms with Crippen LogP contribution in [0, 0.1) is 6.92 Å². The van der Waals surface area contributed by atoms with Gasteiger partial charge in [0.2, 0.25) is 0 Å². The van der Waals surface area contributed by atoms with Crippen molar-refractivity contribution in [3.05, 3.63) is 88.0 Å². The van der Waals surface area contributed by atoms with Crippen molar-refractivity contribution in [1.29, 1.82) is 0 Å². The van der Waals surface area contributed by atoms with Crippen molar-refractivity contribution in [2.24, 2.45) is 4.99 Å². The normalized spacial score (nSPS) is 12.1. The van der Waals surface area contributed by atoms with Crippen LogP contribution >= 0.6 is 22.9 Å². The Kier molecular flexibility index (Phi) is 5.49. The number of thiazole rings is 1. The zero-order chi connectivity index (χ0) is 21.2. The maximum absolute atomic E-state index is 6.32. The molecule has 0 atom stereocenters. The number of hydrogen-bond donors (Lipinski definition) is 0. The standard InChI is InChI=1S/C24H21ClN4OS/c1-17-7-8-19(14-20(17)25)27-24-29(11-4-10-28-12-9-26-16-28)21(15-31-24)23-13-18-5-2-3-6-22(18)30-23/h2-3,5-9,12-16H,4,10-11H2,1H3. The SMILES string of the molecule is Cc1ccc(N=c2scc(-c3cc4ccccc4o3)n2CCCn2ccnc2)cc1Cl. The Morgan fingerprint density at radius 3 is 2.84 bits per heavy atom. The Morgan fingerprint density at radius 1 is 1.13 bits per heavy atom. The lowest BCUT2D eigenvalue weighted by atomic mass is 10.2. The molecule has 156 valence electrons. The number of hydrogen-bond acceptors (Lipinski definition) is 4. The minimum Gasteiger partial charge on any atom is -0.454 e. The first kappa shape index (κ1) is 19.8. The van der Waals surface area contributed by atoms with Crippen LogP contribution in [0.2, 0.25) is 5.02 Å². The van der Waals surface area contributed by atoms with Gasteiger partial charge in [-0.1, -0.05) is 35.9 Å². The lowest BCUT2D eigenvalue weighted by Crippen LogP contribution is -2.17. The van der Waals surface area contributed by atoms with Crippen molar-refractivity contribution in [2.45, 2.75) is 26.4 Å². The van der Waals surface area contributed by atoms with E-state index in [-0.39, 0.29) is 0 Å². The topological polar surface area (TPSA) is 48.2 Å². The number of para-hydroxylation sites is 1. The molecule has 7 heteroatoms. The number of rotatable bonds is 6. The Bertz CT molecular complexity index is 1360. The van der Waals surface area contributed by atoms with Crippen LogP contribution < -0.4 is 4.80 Å². The lowest BCUT2D eigenvalue weighted by Gasteiger charge is -2.08. The summed E-state index contributed by atoms with van der Waals surface area (Å²) in [4.78, 5) is 9.94. The highest BCUT2D eigenvalue weighted by Crippen LogP contribution is 2.29. The molecule has 0 unspecified atom stereocenters. The van der Waals surface area contributed by atoms with Crippen LogP contribution in [0.3, 0.4) is 0 Å². The van der Waals surface area contributed by atoms with Crippen LogP contribution in [0.5, 0.6) is 0 Å². The number of fused-ring (bicyclic) bond motifs is 1. The first-order valence-corrected chi connectivity index (χ1v) is 11.4. The van der Waals surface area contributed by atoms with Crippen molar-refractivity contribution in [3.63, 3.8) is 0 Å². The van der Waals surface area contributed by atoms with E-state index in [4.69, 9.17) is 21.0 Å². The van der Waals surface area contributed by atoms with E-state index in [2.05, 4.69) is 31.6 Å². The van der Waals surface area contributed by atoms with Gasteiger partial charge in [-0.3, -0.25) is 0 Å². The van der Waals surface area contributed by atoms with E-state index in [9.17, 15) is 0 Å². The summed E-state index contributed by atoms with van der Waals surface area (Å²) in [6.45, 7) is 3.69. The van der Waals surface area contributed by atoms with Crippen molar-refractivity contribution in [1.82, 2.24) is 14.1 Å². The second kappa shape index (κ2) is 8.57. The van der Waals surface area contributed by atoms with Gasteiger partial charge in [0.1, 0.15) is 5.58 Å². The molecule has 3 heterocycles. The summed E-state index contributed by atoms with van der Waals surface area (Å²) in [6.07, 6.45) is 6.58. The van der Waals surface area contributed by atoms with Gasteiger partial charge in [-0.2, -0.15) is 0 Å². The molecule has 0 saturated heterocycles. The number of nitrogens with zero attached hydrogens (tertiary/aromatic N) is 4. The second-order valence-corrected chi connectivity index (χ2v) is 8.65. The molecule has 0 aliphatic rings. The van der Waals surface area contributed by atoms with E-state index >= 15 is 0 Å². The minimum atomic E-state index is 0.724. The van der Waals surface area contributed by atoms with Gasteiger partial charge in [0, 0.05) is 41.3 Å². The summed E-state index contributed by atoms with van der Waals surface area (Å²) in [6, 6.07) is 16.1. The van der Waals surface area contributed by atoms with Gasteiger partial charge in [0.05, 0.1) is 17.7 Å². The third kappa shape index (κ3) is 4.22. The fourth-order valence-corrected chi connectivity index (χ4v) is 4.64. The van der Waals surface area contributed by atoms with Crippen LogP contribution in [-0.4, -0.2) is 14.1 Å². The maximum Gasteiger partial charge on any atom is 0.190 e. The van der Waals surface area contributed by atoms with Crippen molar-refractivity contribution in [2.75, 3.05) is 0 Å². The number of halogens is 1. The van der Waals surface area contributed by atoms with E-state index in [0.717, 1.165) is 63.0 Å². The van der Waals surface area contributed by atoms with Crippen molar-refractivity contribution < 1.29 is 4.42 Å². The van der Waals surface area contributed by atoms with Gasteiger partial charge in [-0.25, -0.2) is 9.98 Å². The molecule has 2 aromatic carbocycles. The fraction of sp³-hybridized carbons (Fsp3) is 0.167. The van der Waals surface area contributed by atoms with Gasteiger partial charge in [-0.05, 0) is 43.2 Å². The van der Waals surface area contributed by atoms with E-state index in [1.807, 2.05) is 55.8 Å². The van der Waals surface area contributed by atoms with Gasteiger partial charge >= 0.3 is 0 Å². The van der Waals surface area contributed by atoms with Crippen molar-refractivity contribution in [3.8, 4) is 11.5 Å². The number of aromatic nitrogens is 3. The van der Waals surface area contributed by atoms with E-state index < -0.39 is 0 Å². The third-order valence-electron chi connectivity index (χ3n) is 5.21. The highest BCUT2D eigenvalue weighted by atomic mass is 35.5. The van der Waals surface area contributed by atoms with Crippen LogP contribution in [0.15, 0.2) is 82.0 Å². The van der Waals surface area contributed by atoms with Gasteiger partial charge in [0.15, 0.2) is 10.6 Å². The van der Waals surface area contributed by atoms with Gasteiger partial charge in [0.25, 0.3) is 0 Å². The average Bonchev–Trinajstić information content (AvgIpc) is 3.51. The molecule has 0 amide bonds. The fourth-order valence-electron chi connectivity index (χ4n) is 3.53. The zero-order valence-electron chi connectivity index (χ0n) is 17.0. The Labute approximate surface area is 188 Å². The summed E-state index contributed by atoms with van der Waals surface area (Å²) < 4.78 is 10.5. The molecule has 0 bridgehead atoms. The summed E-state index contributed by atoms with van der Waals surface area (Å²) in [5, 5.41) is 3.93. The average molecular weight is 449 g/mol. The molecule has 5 rings (SSSR count). The number of benzene rings is 2. The van der Waals surface area contributed by atoms with Crippen LogP contribution in [0.1, 0.15) is 12.0 Å². The molecular formula is C24H21ClN4OS. The summed E-state index contributed by atoms with van der Waals surface area (Å²) >= 11 is 7.93. The maximum atomic E-state index is 6.32. The molecule has 5 aromatic rings. The summed E-state index contributed by atoms with van der Waals surface area (Å²) in [7, 11) is 0. The van der Waals surface area contributed by atoms with Crippen molar-refractivity contribution >= 4 is 39.6 Å². The Hall–Kier alpha value is -3.09. The lowest BCUT2D eigenvalue weighted by molar-refractivity contribution is 0.549. The molecule has 0 N–H and O–H groups in total. The van der Waals surface area contributed by atoms with Gasteiger partial charge < -0.3 is 13.6 Å². The predicted octanol–water partition coefficient (Wildman–Crippen LogP) is 6.44. The summed E-state index contributed by atoms with van der Waals surface area (Å²) in [5.41, 5.74) is 3.81. The molecule has 0 spiro atoms. The van der Waals surface area contributed by atoms with E-state index in [0.29, 0.717) is 0 Å².